The van der Waals surface area contributed by atoms with Crippen LogP contribution in [0.5, 0.6) is 0 Å². The Labute approximate surface area is 164 Å². The number of halogens is 1. The Morgan fingerprint density at radius 3 is 2.69 bits per heavy atom. The Bertz CT molecular complexity index is 952. The smallest absolute Gasteiger partial charge is 0.271 e. The molecule has 4 rings (SSSR count). The summed E-state index contributed by atoms with van der Waals surface area (Å²) in [5.74, 6) is -0.192. The van der Waals surface area contributed by atoms with Gasteiger partial charge >= 0.3 is 0 Å². The SMILES string of the molecule is O=C(N/N=C\c1cccs1)c1ccc2c(c1)CN(c1ccc(Br)cc1)C2. The number of hydrogen-bond donors (Lipinski definition) is 1. The quantitative estimate of drug-likeness (QED) is 0.482. The lowest BCUT2D eigenvalue weighted by Crippen LogP contribution is -2.17. The standard InChI is InChI=1S/C20H16BrN3OS/c21-17-5-7-18(8-6-17)24-12-15-4-3-14(10-16(15)13-24)20(25)23-22-11-19-2-1-9-26-19/h1-11H,12-13H2,(H,23,25)/b22-11-. The predicted octanol–water partition coefficient (Wildman–Crippen LogP) is 4.79. The second-order valence-corrected chi connectivity index (χ2v) is 7.93. The van der Waals surface area contributed by atoms with Gasteiger partial charge in [-0.1, -0.05) is 28.1 Å². The van der Waals surface area contributed by atoms with Crippen molar-refractivity contribution in [1.29, 1.82) is 0 Å². The molecule has 0 fully saturated rings. The number of hydrogen-bond acceptors (Lipinski definition) is 4. The van der Waals surface area contributed by atoms with Crippen molar-refractivity contribution in [2.45, 2.75) is 13.1 Å². The maximum absolute atomic E-state index is 12.3. The molecule has 0 radical (unpaired) electrons. The maximum atomic E-state index is 12.3. The summed E-state index contributed by atoms with van der Waals surface area (Å²) in [6.07, 6.45) is 1.66. The van der Waals surface area contributed by atoms with E-state index in [0.717, 1.165) is 22.4 Å². The van der Waals surface area contributed by atoms with Crippen molar-refractivity contribution in [2.75, 3.05) is 4.90 Å². The van der Waals surface area contributed by atoms with Crippen LogP contribution in [-0.4, -0.2) is 12.1 Å². The van der Waals surface area contributed by atoms with E-state index in [-0.39, 0.29) is 5.91 Å². The highest BCUT2D eigenvalue weighted by Crippen LogP contribution is 2.29. The summed E-state index contributed by atoms with van der Waals surface area (Å²) in [7, 11) is 0. The third-order valence-electron chi connectivity index (χ3n) is 4.28. The average molecular weight is 426 g/mol. The largest absolute Gasteiger partial charge is 0.363 e. The van der Waals surface area contributed by atoms with Crippen molar-refractivity contribution in [3.8, 4) is 0 Å². The molecule has 0 bridgehead atoms. The first kappa shape index (κ1) is 17.0. The normalized spacial score (nSPS) is 13.2. The topological polar surface area (TPSA) is 44.7 Å². The number of benzene rings is 2. The van der Waals surface area contributed by atoms with E-state index in [4.69, 9.17) is 0 Å². The fourth-order valence-corrected chi connectivity index (χ4v) is 3.80. The molecular weight excluding hydrogens is 410 g/mol. The zero-order valence-electron chi connectivity index (χ0n) is 13.9. The van der Waals surface area contributed by atoms with Crippen LogP contribution in [0.15, 0.2) is 69.6 Å². The number of carbonyl (C=O) groups is 1. The molecular formula is C20H16BrN3OS. The summed E-state index contributed by atoms with van der Waals surface area (Å²) in [6, 6.07) is 18.0. The van der Waals surface area contributed by atoms with Gasteiger partial charge in [0.25, 0.3) is 5.91 Å². The molecule has 0 unspecified atom stereocenters. The molecule has 1 aromatic heterocycles. The van der Waals surface area contributed by atoms with Gasteiger partial charge in [0.1, 0.15) is 0 Å². The number of anilines is 1. The van der Waals surface area contributed by atoms with Gasteiger partial charge in [0, 0.05) is 33.7 Å². The average Bonchev–Trinajstić information content (AvgIpc) is 3.31. The van der Waals surface area contributed by atoms with Crippen molar-refractivity contribution in [3.63, 3.8) is 0 Å². The molecule has 1 amide bonds. The summed E-state index contributed by atoms with van der Waals surface area (Å²) in [4.78, 5) is 15.6. The van der Waals surface area contributed by atoms with Crippen molar-refractivity contribution < 1.29 is 4.79 Å². The third-order valence-corrected chi connectivity index (χ3v) is 5.62. The molecule has 1 N–H and O–H groups in total. The molecule has 0 spiro atoms. The van der Waals surface area contributed by atoms with Gasteiger partial charge in [-0.3, -0.25) is 4.79 Å². The summed E-state index contributed by atoms with van der Waals surface area (Å²) in [5.41, 5.74) is 6.84. The Morgan fingerprint density at radius 2 is 1.92 bits per heavy atom. The van der Waals surface area contributed by atoms with Crippen LogP contribution in [0.3, 0.4) is 0 Å². The van der Waals surface area contributed by atoms with E-state index in [1.165, 1.54) is 16.8 Å². The molecule has 0 atom stereocenters. The Balaban J connectivity index is 1.44. The van der Waals surface area contributed by atoms with Gasteiger partial charge in [0.15, 0.2) is 0 Å². The summed E-state index contributed by atoms with van der Waals surface area (Å²) < 4.78 is 1.07. The van der Waals surface area contributed by atoms with Gasteiger partial charge in [-0.25, -0.2) is 5.43 Å². The first-order chi connectivity index (χ1) is 12.7. The number of amides is 1. The van der Waals surface area contributed by atoms with Crippen LogP contribution in [0.4, 0.5) is 5.69 Å². The van der Waals surface area contributed by atoms with E-state index in [1.807, 2.05) is 47.8 Å². The number of thiophene rings is 1. The summed E-state index contributed by atoms with van der Waals surface area (Å²) >= 11 is 5.04. The number of nitrogens with zero attached hydrogens (tertiary/aromatic N) is 2. The van der Waals surface area contributed by atoms with Gasteiger partial charge in [0.05, 0.1) is 6.21 Å². The molecule has 1 aliphatic rings. The van der Waals surface area contributed by atoms with E-state index in [1.54, 1.807) is 17.6 Å². The van der Waals surface area contributed by atoms with Gasteiger partial charge in [-0.2, -0.15) is 5.10 Å². The van der Waals surface area contributed by atoms with Crippen molar-refractivity contribution in [2.24, 2.45) is 5.10 Å². The van der Waals surface area contributed by atoms with Crippen LogP contribution < -0.4 is 10.3 Å². The number of rotatable bonds is 4. The zero-order chi connectivity index (χ0) is 17.9. The second-order valence-electron chi connectivity index (χ2n) is 6.03. The highest BCUT2D eigenvalue weighted by molar-refractivity contribution is 9.10. The van der Waals surface area contributed by atoms with Crippen LogP contribution in [0.1, 0.15) is 26.4 Å². The Morgan fingerprint density at radius 1 is 1.12 bits per heavy atom. The maximum Gasteiger partial charge on any atom is 0.271 e. The van der Waals surface area contributed by atoms with Crippen LogP contribution >= 0.6 is 27.3 Å². The lowest BCUT2D eigenvalue weighted by molar-refractivity contribution is 0.0955. The third kappa shape index (κ3) is 3.71. The molecule has 26 heavy (non-hydrogen) atoms. The minimum Gasteiger partial charge on any atom is -0.363 e. The first-order valence-corrected chi connectivity index (χ1v) is 9.85. The van der Waals surface area contributed by atoms with E-state index >= 15 is 0 Å². The van der Waals surface area contributed by atoms with Crippen LogP contribution in [0.2, 0.25) is 0 Å². The van der Waals surface area contributed by atoms with Gasteiger partial charge in [0.2, 0.25) is 0 Å². The molecule has 0 aliphatic carbocycles. The fourth-order valence-electron chi connectivity index (χ4n) is 2.95. The van der Waals surface area contributed by atoms with E-state index in [2.05, 4.69) is 43.5 Å². The predicted molar refractivity (Wildman–Crippen MR) is 110 cm³/mol. The Kier molecular flexibility index (Phi) is 4.86. The van der Waals surface area contributed by atoms with Gasteiger partial charge in [-0.15, -0.1) is 11.3 Å². The molecule has 1 aliphatic heterocycles. The van der Waals surface area contributed by atoms with E-state index in [0.29, 0.717) is 5.56 Å². The summed E-state index contributed by atoms with van der Waals surface area (Å²) in [6.45, 7) is 1.66. The molecule has 0 saturated heterocycles. The molecule has 6 heteroatoms. The van der Waals surface area contributed by atoms with Crippen molar-refractivity contribution in [3.05, 3.63) is 86.0 Å². The molecule has 0 saturated carbocycles. The van der Waals surface area contributed by atoms with Crippen LogP contribution in [0.25, 0.3) is 0 Å². The molecule has 4 nitrogen and oxygen atoms in total. The van der Waals surface area contributed by atoms with Crippen molar-refractivity contribution in [1.82, 2.24) is 5.43 Å². The highest BCUT2D eigenvalue weighted by atomic mass is 79.9. The summed E-state index contributed by atoms with van der Waals surface area (Å²) in [5, 5.41) is 6.00. The van der Waals surface area contributed by atoms with Crippen LogP contribution in [0, 0.1) is 0 Å². The number of fused-ring (bicyclic) bond motifs is 1. The van der Waals surface area contributed by atoms with Crippen LogP contribution in [-0.2, 0) is 13.1 Å². The van der Waals surface area contributed by atoms with Crippen molar-refractivity contribution >= 4 is 45.1 Å². The monoisotopic (exact) mass is 425 g/mol. The molecule has 2 aromatic carbocycles. The number of carbonyl (C=O) groups excluding carboxylic acids is 1. The van der Waals surface area contributed by atoms with Gasteiger partial charge in [-0.05, 0) is 59.0 Å². The lowest BCUT2D eigenvalue weighted by atomic mass is 10.1. The van der Waals surface area contributed by atoms with E-state index in [9.17, 15) is 4.79 Å². The molecule has 3 aromatic rings. The lowest BCUT2D eigenvalue weighted by Gasteiger charge is -2.17. The minimum atomic E-state index is -0.192. The fraction of sp³-hybridized carbons (Fsp3) is 0.100. The molecule has 2 heterocycles. The zero-order valence-corrected chi connectivity index (χ0v) is 16.3. The molecule has 130 valence electrons. The number of nitrogens with one attached hydrogen (secondary N) is 1. The second kappa shape index (κ2) is 7.43. The highest BCUT2D eigenvalue weighted by Gasteiger charge is 2.20. The Hall–Kier alpha value is -2.44. The number of hydrazone groups is 1. The van der Waals surface area contributed by atoms with E-state index < -0.39 is 0 Å². The first-order valence-electron chi connectivity index (χ1n) is 8.18. The minimum absolute atomic E-state index is 0.192. The van der Waals surface area contributed by atoms with Gasteiger partial charge < -0.3 is 4.90 Å².